The van der Waals surface area contributed by atoms with E-state index in [1.165, 1.54) is 6.42 Å². The lowest BCUT2D eigenvalue weighted by atomic mass is 9.71. The molecule has 1 aliphatic heterocycles. The first-order valence-electron chi connectivity index (χ1n) is 7.76. The Balaban J connectivity index is 1.90. The lowest BCUT2D eigenvalue weighted by molar-refractivity contribution is -0.0613. The highest BCUT2D eigenvalue weighted by Crippen LogP contribution is 2.41. The van der Waals surface area contributed by atoms with Crippen LogP contribution in [0.2, 0.25) is 0 Å². The van der Waals surface area contributed by atoms with E-state index in [9.17, 15) is 10.4 Å². The zero-order chi connectivity index (χ0) is 15.0. The maximum Gasteiger partial charge on any atom is 0.169 e. The van der Waals surface area contributed by atoms with Crippen LogP contribution in [0.4, 0.5) is 5.82 Å². The Labute approximate surface area is 125 Å². The van der Waals surface area contributed by atoms with Crippen LogP contribution in [0.1, 0.15) is 48.9 Å². The van der Waals surface area contributed by atoms with Crippen LogP contribution in [-0.2, 0) is 0 Å². The molecule has 3 rings (SSSR count). The molecule has 1 aromatic heterocycles. The Hall–Kier alpha value is -1.67. The van der Waals surface area contributed by atoms with Crippen molar-refractivity contribution in [2.75, 3.05) is 18.0 Å². The van der Waals surface area contributed by atoms with Crippen molar-refractivity contribution in [1.82, 2.24) is 10.2 Å². The predicted molar refractivity (Wildman–Crippen MR) is 80.0 cm³/mol. The molecule has 2 aliphatic rings. The average molecular weight is 286 g/mol. The summed E-state index contributed by atoms with van der Waals surface area (Å²) in [6.07, 6.45) is 5.05. The molecule has 1 N–H and O–H groups in total. The zero-order valence-corrected chi connectivity index (χ0v) is 12.8. The molecule has 5 nitrogen and oxygen atoms in total. The predicted octanol–water partition coefficient (Wildman–Crippen LogP) is 2.10. The van der Waals surface area contributed by atoms with Crippen LogP contribution in [0, 0.1) is 31.1 Å². The molecule has 2 heterocycles. The van der Waals surface area contributed by atoms with Gasteiger partial charge in [0.05, 0.1) is 11.3 Å². The molecule has 2 unspecified atom stereocenters. The number of rotatable bonds is 1. The van der Waals surface area contributed by atoms with Crippen molar-refractivity contribution < 1.29 is 5.11 Å². The van der Waals surface area contributed by atoms with Gasteiger partial charge in [-0.25, -0.2) is 0 Å². The van der Waals surface area contributed by atoms with Crippen LogP contribution >= 0.6 is 0 Å². The fourth-order valence-electron chi connectivity index (χ4n) is 3.71. The molecule has 2 atom stereocenters. The first-order valence-corrected chi connectivity index (χ1v) is 7.76. The summed E-state index contributed by atoms with van der Waals surface area (Å²) < 4.78 is 0. The Morgan fingerprint density at radius 3 is 2.86 bits per heavy atom. The van der Waals surface area contributed by atoms with Gasteiger partial charge in [-0.2, -0.15) is 10.4 Å². The Morgan fingerprint density at radius 1 is 1.29 bits per heavy atom. The number of anilines is 1. The van der Waals surface area contributed by atoms with Gasteiger partial charge in [0.1, 0.15) is 11.6 Å². The van der Waals surface area contributed by atoms with E-state index in [1.807, 2.05) is 13.8 Å². The molecule has 1 saturated carbocycles. The molecule has 2 fully saturated rings. The number of aromatic nitrogens is 2. The van der Waals surface area contributed by atoms with E-state index >= 15 is 0 Å². The van der Waals surface area contributed by atoms with Crippen molar-refractivity contribution in [2.24, 2.45) is 5.92 Å². The standard InChI is InChI=1S/C16H22N4O/c1-11-12(2)18-19-15(14(11)9-17)20-8-7-16(21)6-4-3-5-13(16)10-20/h13,21H,3-8,10H2,1-2H3. The second kappa shape index (κ2) is 5.27. The maximum atomic E-state index is 10.8. The molecule has 112 valence electrons. The maximum absolute atomic E-state index is 10.8. The smallest absolute Gasteiger partial charge is 0.169 e. The highest BCUT2D eigenvalue weighted by Gasteiger charge is 2.43. The van der Waals surface area contributed by atoms with E-state index < -0.39 is 5.60 Å². The first kappa shape index (κ1) is 14.3. The van der Waals surface area contributed by atoms with Crippen molar-refractivity contribution in [3.63, 3.8) is 0 Å². The summed E-state index contributed by atoms with van der Waals surface area (Å²) in [5.74, 6) is 0.975. The van der Waals surface area contributed by atoms with Crippen LogP contribution in [-0.4, -0.2) is 34.0 Å². The lowest BCUT2D eigenvalue weighted by Gasteiger charge is -2.47. The molecule has 21 heavy (non-hydrogen) atoms. The highest BCUT2D eigenvalue weighted by atomic mass is 16.3. The number of hydrogen-bond donors (Lipinski definition) is 1. The normalized spacial score (nSPS) is 28.9. The van der Waals surface area contributed by atoms with Gasteiger partial charge >= 0.3 is 0 Å². The van der Waals surface area contributed by atoms with Crippen LogP contribution < -0.4 is 4.90 Å². The number of aliphatic hydroxyl groups is 1. The van der Waals surface area contributed by atoms with Crippen molar-refractivity contribution >= 4 is 5.82 Å². The Morgan fingerprint density at radius 2 is 2.10 bits per heavy atom. The Kier molecular flexibility index (Phi) is 3.58. The summed E-state index contributed by atoms with van der Waals surface area (Å²) in [5.41, 5.74) is 1.84. The molecule has 1 aromatic rings. The summed E-state index contributed by atoms with van der Waals surface area (Å²) >= 11 is 0. The third kappa shape index (κ3) is 2.38. The van der Waals surface area contributed by atoms with Gasteiger partial charge in [-0.15, -0.1) is 5.10 Å². The number of nitrogens with zero attached hydrogens (tertiary/aromatic N) is 4. The fraction of sp³-hybridized carbons (Fsp3) is 0.688. The summed E-state index contributed by atoms with van der Waals surface area (Å²) in [6.45, 7) is 5.33. The van der Waals surface area contributed by atoms with Gasteiger partial charge in [-0.05, 0) is 38.7 Å². The summed E-state index contributed by atoms with van der Waals surface area (Å²) in [4.78, 5) is 2.14. The van der Waals surface area contributed by atoms with Crippen LogP contribution in [0.3, 0.4) is 0 Å². The second-order valence-corrected chi connectivity index (χ2v) is 6.46. The van der Waals surface area contributed by atoms with Crippen molar-refractivity contribution in [1.29, 1.82) is 5.26 Å². The van der Waals surface area contributed by atoms with Crippen LogP contribution in [0.5, 0.6) is 0 Å². The molecule has 0 radical (unpaired) electrons. The third-order valence-electron chi connectivity index (χ3n) is 5.27. The number of aryl methyl sites for hydroxylation is 1. The SMILES string of the molecule is Cc1nnc(N2CCC3(O)CCCCC3C2)c(C#N)c1C. The molecule has 0 aromatic carbocycles. The van der Waals surface area contributed by atoms with Crippen molar-refractivity contribution in [3.8, 4) is 6.07 Å². The monoisotopic (exact) mass is 286 g/mol. The minimum atomic E-state index is -0.505. The van der Waals surface area contributed by atoms with E-state index in [-0.39, 0.29) is 5.92 Å². The minimum absolute atomic E-state index is 0.287. The summed E-state index contributed by atoms with van der Waals surface area (Å²) in [5, 5.41) is 28.6. The fourth-order valence-corrected chi connectivity index (χ4v) is 3.71. The molecule has 1 aliphatic carbocycles. The number of piperidine rings is 1. The topological polar surface area (TPSA) is 73.0 Å². The van der Waals surface area contributed by atoms with Gasteiger partial charge in [0.15, 0.2) is 5.82 Å². The van der Waals surface area contributed by atoms with E-state index in [4.69, 9.17) is 0 Å². The first-order chi connectivity index (χ1) is 10.0. The zero-order valence-electron chi connectivity index (χ0n) is 12.8. The van der Waals surface area contributed by atoms with Crippen molar-refractivity contribution in [3.05, 3.63) is 16.8 Å². The minimum Gasteiger partial charge on any atom is -0.389 e. The quantitative estimate of drug-likeness (QED) is 0.856. The van der Waals surface area contributed by atoms with Gasteiger partial charge in [0.25, 0.3) is 0 Å². The van der Waals surface area contributed by atoms with Gasteiger partial charge in [-0.3, -0.25) is 0 Å². The molecular weight excluding hydrogens is 264 g/mol. The van der Waals surface area contributed by atoms with Gasteiger partial charge in [-0.1, -0.05) is 12.8 Å². The van der Waals surface area contributed by atoms with Crippen molar-refractivity contribution in [2.45, 2.75) is 51.6 Å². The van der Waals surface area contributed by atoms with E-state index in [1.54, 1.807) is 0 Å². The van der Waals surface area contributed by atoms with E-state index in [2.05, 4.69) is 21.2 Å². The summed E-state index contributed by atoms with van der Waals surface area (Å²) in [6, 6.07) is 2.28. The van der Waals surface area contributed by atoms with E-state index in [0.717, 1.165) is 50.0 Å². The van der Waals surface area contributed by atoms with Gasteiger partial charge in [0, 0.05) is 19.0 Å². The molecular formula is C16H22N4O. The third-order valence-corrected chi connectivity index (χ3v) is 5.27. The van der Waals surface area contributed by atoms with Crippen LogP contribution in [0.25, 0.3) is 0 Å². The number of hydrogen-bond acceptors (Lipinski definition) is 5. The number of fused-ring (bicyclic) bond motifs is 1. The Bertz CT molecular complexity index is 595. The second-order valence-electron chi connectivity index (χ2n) is 6.46. The lowest BCUT2D eigenvalue weighted by Crippen LogP contribution is -2.53. The highest BCUT2D eigenvalue weighted by molar-refractivity contribution is 5.57. The van der Waals surface area contributed by atoms with Gasteiger partial charge in [0.2, 0.25) is 0 Å². The molecule has 0 spiro atoms. The number of nitriles is 1. The molecule has 5 heteroatoms. The largest absolute Gasteiger partial charge is 0.389 e. The average Bonchev–Trinajstić information content (AvgIpc) is 2.49. The molecule has 0 amide bonds. The van der Waals surface area contributed by atoms with Gasteiger partial charge < -0.3 is 10.0 Å². The van der Waals surface area contributed by atoms with E-state index in [0.29, 0.717) is 11.4 Å². The molecule has 1 saturated heterocycles. The molecule has 0 bridgehead atoms. The van der Waals surface area contributed by atoms with Crippen LogP contribution in [0.15, 0.2) is 0 Å². The summed E-state index contributed by atoms with van der Waals surface area (Å²) in [7, 11) is 0.